The summed E-state index contributed by atoms with van der Waals surface area (Å²) in [6.45, 7) is 4.10. The van der Waals surface area contributed by atoms with E-state index in [4.69, 9.17) is 11.6 Å². The Kier molecular flexibility index (Phi) is 5.92. The summed E-state index contributed by atoms with van der Waals surface area (Å²) < 4.78 is 13.0. The lowest BCUT2D eigenvalue weighted by Gasteiger charge is -2.14. The fraction of sp³-hybridized carbons (Fsp3) is 0.462. The van der Waals surface area contributed by atoms with Gasteiger partial charge in [-0.3, -0.25) is 4.79 Å². The maximum Gasteiger partial charge on any atom is 0.239 e. The van der Waals surface area contributed by atoms with E-state index < -0.39 is 0 Å². The molecule has 1 unspecified atom stereocenters. The number of rotatable bonds is 6. The Morgan fingerprint density at radius 1 is 1.50 bits per heavy atom. The van der Waals surface area contributed by atoms with E-state index in [2.05, 4.69) is 17.6 Å². The second-order valence-electron chi connectivity index (χ2n) is 4.23. The minimum Gasteiger partial charge on any atom is -0.375 e. The van der Waals surface area contributed by atoms with Crippen molar-refractivity contribution in [2.45, 2.75) is 32.7 Å². The van der Waals surface area contributed by atoms with E-state index >= 15 is 0 Å². The molecule has 0 spiro atoms. The van der Waals surface area contributed by atoms with Gasteiger partial charge in [0, 0.05) is 6.04 Å². The lowest BCUT2D eigenvalue weighted by molar-refractivity contribution is -0.120. The Morgan fingerprint density at radius 2 is 2.22 bits per heavy atom. The third-order valence-electron chi connectivity index (χ3n) is 2.50. The van der Waals surface area contributed by atoms with Gasteiger partial charge in [0.05, 0.1) is 17.3 Å². The molecule has 1 aromatic rings. The minimum atomic E-state index is -0.387. The molecule has 0 aliphatic carbocycles. The van der Waals surface area contributed by atoms with Crippen LogP contribution in [-0.4, -0.2) is 18.5 Å². The highest BCUT2D eigenvalue weighted by atomic mass is 35.5. The Balaban J connectivity index is 2.45. The van der Waals surface area contributed by atoms with Crippen molar-refractivity contribution in [3.05, 3.63) is 29.0 Å². The molecule has 0 fully saturated rings. The van der Waals surface area contributed by atoms with Crippen LogP contribution >= 0.6 is 11.6 Å². The molecule has 1 aromatic carbocycles. The molecule has 0 radical (unpaired) electrons. The van der Waals surface area contributed by atoms with Crippen molar-refractivity contribution >= 4 is 23.2 Å². The van der Waals surface area contributed by atoms with Crippen LogP contribution in [0.25, 0.3) is 0 Å². The van der Waals surface area contributed by atoms with E-state index in [0.29, 0.717) is 10.7 Å². The number of carbonyl (C=O) groups is 1. The van der Waals surface area contributed by atoms with E-state index in [1.165, 1.54) is 18.2 Å². The van der Waals surface area contributed by atoms with Crippen LogP contribution < -0.4 is 10.6 Å². The minimum absolute atomic E-state index is 0.0806. The number of nitrogens with one attached hydrogen (secondary N) is 2. The third-order valence-corrected chi connectivity index (χ3v) is 2.83. The number of amides is 1. The van der Waals surface area contributed by atoms with Crippen LogP contribution in [0.5, 0.6) is 0 Å². The van der Waals surface area contributed by atoms with E-state index in [1.54, 1.807) is 0 Å². The Bertz CT molecular complexity index is 412. The van der Waals surface area contributed by atoms with Crippen LogP contribution in [0.3, 0.4) is 0 Å². The topological polar surface area (TPSA) is 41.1 Å². The zero-order chi connectivity index (χ0) is 13.5. The van der Waals surface area contributed by atoms with Gasteiger partial charge in [-0.25, -0.2) is 4.39 Å². The van der Waals surface area contributed by atoms with Crippen LogP contribution in [0.2, 0.25) is 5.02 Å². The first kappa shape index (κ1) is 14.8. The van der Waals surface area contributed by atoms with Gasteiger partial charge in [-0.15, -0.1) is 0 Å². The molecule has 100 valence electrons. The molecule has 0 aromatic heterocycles. The summed E-state index contributed by atoms with van der Waals surface area (Å²) in [6, 6.07) is 4.14. The molecule has 1 amide bonds. The third kappa shape index (κ3) is 4.92. The number of anilines is 1. The van der Waals surface area contributed by atoms with Crippen molar-refractivity contribution in [3.8, 4) is 0 Å². The SMILES string of the molecule is CCCC(C)NC(=O)CNc1cc(F)ccc1Cl. The highest BCUT2D eigenvalue weighted by Crippen LogP contribution is 2.21. The van der Waals surface area contributed by atoms with Gasteiger partial charge in [-0.1, -0.05) is 24.9 Å². The standard InChI is InChI=1S/C13H18ClFN2O/c1-3-4-9(2)17-13(18)8-16-12-7-10(15)5-6-11(12)14/h5-7,9,16H,3-4,8H2,1-2H3,(H,17,18). The fourth-order valence-electron chi connectivity index (χ4n) is 1.64. The second kappa shape index (κ2) is 7.21. The van der Waals surface area contributed by atoms with Crippen molar-refractivity contribution in [2.75, 3.05) is 11.9 Å². The molecule has 0 aliphatic heterocycles. The maximum absolute atomic E-state index is 13.0. The monoisotopic (exact) mass is 272 g/mol. The van der Waals surface area contributed by atoms with Crippen LogP contribution in [0.4, 0.5) is 10.1 Å². The molecule has 3 nitrogen and oxygen atoms in total. The molecule has 1 rings (SSSR count). The number of hydrogen-bond donors (Lipinski definition) is 2. The Labute approximate surface area is 112 Å². The van der Waals surface area contributed by atoms with Gasteiger partial charge >= 0.3 is 0 Å². The summed E-state index contributed by atoms with van der Waals surface area (Å²) in [5.41, 5.74) is 0.426. The summed E-state index contributed by atoms with van der Waals surface area (Å²) in [5, 5.41) is 6.06. The van der Waals surface area contributed by atoms with Crippen LogP contribution in [0.15, 0.2) is 18.2 Å². The number of benzene rings is 1. The molecule has 0 saturated heterocycles. The summed E-state index contributed by atoms with van der Waals surface area (Å²) in [4.78, 5) is 11.6. The van der Waals surface area contributed by atoms with Gasteiger partial charge < -0.3 is 10.6 Å². The van der Waals surface area contributed by atoms with E-state index in [-0.39, 0.29) is 24.3 Å². The lowest BCUT2D eigenvalue weighted by Crippen LogP contribution is -2.36. The number of hydrogen-bond acceptors (Lipinski definition) is 2. The zero-order valence-corrected chi connectivity index (χ0v) is 11.4. The number of halogens is 2. The van der Waals surface area contributed by atoms with Crippen molar-refractivity contribution in [1.82, 2.24) is 5.32 Å². The molecule has 18 heavy (non-hydrogen) atoms. The molecular weight excluding hydrogens is 255 g/mol. The quantitative estimate of drug-likeness (QED) is 0.835. The summed E-state index contributed by atoms with van der Waals surface area (Å²) in [5.74, 6) is -0.516. The Hall–Kier alpha value is -1.29. The zero-order valence-electron chi connectivity index (χ0n) is 10.6. The first-order chi connectivity index (χ1) is 8.52. The molecular formula is C13H18ClFN2O. The fourth-order valence-corrected chi connectivity index (χ4v) is 1.82. The first-order valence-electron chi connectivity index (χ1n) is 6.01. The average molecular weight is 273 g/mol. The molecule has 0 heterocycles. The van der Waals surface area contributed by atoms with Crippen molar-refractivity contribution in [1.29, 1.82) is 0 Å². The van der Waals surface area contributed by atoms with Crippen molar-refractivity contribution < 1.29 is 9.18 Å². The lowest BCUT2D eigenvalue weighted by atomic mass is 10.2. The largest absolute Gasteiger partial charge is 0.375 e. The van der Waals surface area contributed by atoms with Gasteiger partial charge in [0.1, 0.15) is 5.82 Å². The molecule has 0 bridgehead atoms. The summed E-state index contributed by atoms with van der Waals surface area (Å²) in [6.07, 6.45) is 1.96. The van der Waals surface area contributed by atoms with E-state index in [0.717, 1.165) is 12.8 Å². The molecule has 5 heteroatoms. The number of carbonyl (C=O) groups excluding carboxylic acids is 1. The highest BCUT2D eigenvalue weighted by Gasteiger charge is 2.07. The predicted octanol–water partition coefficient (Wildman–Crippen LogP) is 3.20. The van der Waals surface area contributed by atoms with Crippen molar-refractivity contribution in [3.63, 3.8) is 0 Å². The molecule has 0 saturated carbocycles. The second-order valence-corrected chi connectivity index (χ2v) is 4.64. The Morgan fingerprint density at radius 3 is 2.89 bits per heavy atom. The maximum atomic E-state index is 13.0. The van der Waals surface area contributed by atoms with Crippen LogP contribution in [0, 0.1) is 5.82 Å². The molecule has 1 atom stereocenters. The molecule has 0 aliphatic rings. The van der Waals surface area contributed by atoms with Gasteiger partial charge in [-0.05, 0) is 31.5 Å². The van der Waals surface area contributed by atoms with E-state index in [1.807, 2.05) is 6.92 Å². The predicted molar refractivity (Wildman–Crippen MR) is 72.4 cm³/mol. The highest BCUT2D eigenvalue weighted by molar-refractivity contribution is 6.33. The summed E-state index contributed by atoms with van der Waals surface area (Å²) in [7, 11) is 0. The van der Waals surface area contributed by atoms with Crippen LogP contribution in [-0.2, 0) is 4.79 Å². The van der Waals surface area contributed by atoms with Gasteiger partial charge in [0.2, 0.25) is 5.91 Å². The van der Waals surface area contributed by atoms with Gasteiger partial charge in [0.15, 0.2) is 0 Å². The average Bonchev–Trinajstić information content (AvgIpc) is 2.30. The normalized spacial score (nSPS) is 12.0. The molecule has 2 N–H and O–H groups in total. The first-order valence-corrected chi connectivity index (χ1v) is 6.39. The summed E-state index contributed by atoms with van der Waals surface area (Å²) >= 11 is 5.87. The smallest absolute Gasteiger partial charge is 0.239 e. The van der Waals surface area contributed by atoms with Gasteiger partial charge in [0.25, 0.3) is 0 Å². The van der Waals surface area contributed by atoms with Gasteiger partial charge in [-0.2, -0.15) is 0 Å². The van der Waals surface area contributed by atoms with Crippen LogP contribution in [0.1, 0.15) is 26.7 Å². The van der Waals surface area contributed by atoms with Crippen molar-refractivity contribution in [2.24, 2.45) is 0 Å². The van der Waals surface area contributed by atoms with E-state index in [9.17, 15) is 9.18 Å².